The van der Waals surface area contributed by atoms with Crippen molar-refractivity contribution in [1.82, 2.24) is 9.13 Å². The smallest absolute Gasteiger partial charge is 0.338 e. The van der Waals surface area contributed by atoms with Crippen molar-refractivity contribution in [2.45, 2.75) is 0 Å². The molecule has 0 atom stereocenters. The molecule has 0 unspecified atom stereocenters. The second-order valence-electron chi connectivity index (χ2n) is 5.77. The maximum absolute atomic E-state index is 13.0. The van der Waals surface area contributed by atoms with Gasteiger partial charge in [0.25, 0.3) is 5.91 Å². The minimum atomic E-state index is -3.52. The van der Waals surface area contributed by atoms with Crippen LogP contribution >= 0.6 is 15.9 Å². The van der Waals surface area contributed by atoms with E-state index < -0.39 is 21.6 Å². The zero-order valence-corrected chi connectivity index (χ0v) is 16.5. The Hall–Kier alpha value is -2.85. The second-order valence-corrected chi connectivity index (χ2v) is 8.44. The lowest BCUT2D eigenvalue weighted by Crippen LogP contribution is -2.25. The number of para-hydroxylation sites is 1. The maximum Gasteiger partial charge on any atom is 0.338 e. The molecule has 27 heavy (non-hydrogen) atoms. The Bertz CT molecular complexity index is 1180. The number of aromatic nitrogens is 2. The van der Waals surface area contributed by atoms with Crippen molar-refractivity contribution in [1.29, 1.82) is 0 Å². The van der Waals surface area contributed by atoms with E-state index in [0.717, 1.165) is 10.8 Å². The van der Waals surface area contributed by atoms with Gasteiger partial charge >= 0.3 is 5.69 Å². The van der Waals surface area contributed by atoms with Crippen LogP contribution in [-0.2, 0) is 10.0 Å². The molecule has 140 valence electrons. The number of carbonyl (C=O) groups is 1. The van der Waals surface area contributed by atoms with Crippen molar-refractivity contribution in [2.24, 2.45) is 5.73 Å². The van der Waals surface area contributed by atoms with Crippen molar-refractivity contribution in [3.05, 3.63) is 75.4 Å². The highest BCUT2D eigenvalue weighted by Gasteiger charge is 2.19. The van der Waals surface area contributed by atoms with Gasteiger partial charge in [-0.3, -0.25) is 18.7 Å². The first-order valence-corrected chi connectivity index (χ1v) is 10.3. The number of halogens is 1. The van der Waals surface area contributed by atoms with Crippen molar-refractivity contribution < 1.29 is 13.2 Å². The van der Waals surface area contributed by atoms with E-state index in [-0.39, 0.29) is 17.1 Å². The Balaban J connectivity index is 2.24. The minimum absolute atomic E-state index is 0.0349. The first-order valence-electron chi connectivity index (χ1n) is 7.64. The zero-order chi connectivity index (χ0) is 19.8. The molecule has 3 aromatic rings. The molecule has 0 aliphatic carbocycles. The van der Waals surface area contributed by atoms with Crippen LogP contribution in [0.25, 0.3) is 11.4 Å². The minimum Gasteiger partial charge on any atom is -0.364 e. The van der Waals surface area contributed by atoms with E-state index in [4.69, 9.17) is 5.73 Å². The average Bonchev–Trinajstić information content (AvgIpc) is 2.91. The molecule has 0 saturated heterocycles. The van der Waals surface area contributed by atoms with Gasteiger partial charge in [-0.05, 0) is 30.3 Å². The van der Waals surface area contributed by atoms with Gasteiger partial charge in [-0.15, -0.1) is 0 Å². The number of primary amides is 1. The van der Waals surface area contributed by atoms with Gasteiger partial charge < -0.3 is 5.73 Å². The van der Waals surface area contributed by atoms with E-state index in [9.17, 15) is 18.0 Å². The van der Waals surface area contributed by atoms with Gasteiger partial charge in [0.2, 0.25) is 10.0 Å². The number of sulfonamides is 1. The van der Waals surface area contributed by atoms with Crippen LogP contribution in [0.5, 0.6) is 0 Å². The fourth-order valence-corrected chi connectivity index (χ4v) is 3.65. The van der Waals surface area contributed by atoms with Crippen LogP contribution in [0, 0.1) is 0 Å². The molecule has 0 aliphatic heterocycles. The molecule has 0 radical (unpaired) electrons. The summed E-state index contributed by atoms with van der Waals surface area (Å²) in [6.45, 7) is 0. The molecule has 3 N–H and O–H groups in total. The highest BCUT2D eigenvalue weighted by atomic mass is 79.9. The van der Waals surface area contributed by atoms with Gasteiger partial charge in [-0.2, -0.15) is 0 Å². The molecule has 1 amide bonds. The Morgan fingerprint density at radius 1 is 1.11 bits per heavy atom. The molecule has 1 heterocycles. The van der Waals surface area contributed by atoms with Crippen molar-refractivity contribution >= 4 is 37.5 Å². The molecular formula is C17H15BrN4O4S. The van der Waals surface area contributed by atoms with Crippen LogP contribution in [-0.4, -0.2) is 29.7 Å². The van der Waals surface area contributed by atoms with E-state index in [1.807, 2.05) is 0 Å². The fraction of sp³-hybridized carbons (Fsp3) is 0.0588. The standard InChI is InChI=1S/C17H15BrN4O4S/c1-27(25,26)20-12-7-11(18)8-14(9-12)22-15(16(19)23)10-21(17(22)24)13-5-3-2-4-6-13/h2-10,20H,1H3,(H2,19,23). The lowest BCUT2D eigenvalue weighted by atomic mass is 10.2. The molecule has 2 aromatic carbocycles. The second kappa shape index (κ2) is 7.05. The zero-order valence-electron chi connectivity index (χ0n) is 14.1. The number of carbonyl (C=O) groups excluding carboxylic acids is 1. The van der Waals surface area contributed by atoms with E-state index in [1.165, 1.54) is 22.9 Å². The van der Waals surface area contributed by atoms with Crippen molar-refractivity contribution in [2.75, 3.05) is 11.0 Å². The van der Waals surface area contributed by atoms with Crippen LogP contribution in [0.3, 0.4) is 0 Å². The number of nitrogens with one attached hydrogen (secondary N) is 1. The summed E-state index contributed by atoms with van der Waals surface area (Å²) in [5.41, 5.74) is 5.98. The fourth-order valence-electron chi connectivity index (χ4n) is 2.62. The van der Waals surface area contributed by atoms with Gasteiger partial charge in [0.15, 0.2) is 0 Å². The molecule has 0 fully saturated rings. The predicted octanol–water partition coefficient (Wildman–Crippen LogP) is 1.86. The number of amides is 1. The number of rotatable bonds is 5. The normalized spacial score (nSPS) is 11.3. The SMILES string of the molecule is CS(=O)(=O)Nc1cc(Br)cc(-n2c(C(N)=O)cn(-c3ccccc3)c2=O)c1. The van der Waals surface area contributed by atoms with Crippen LogP contribution in [0.1, 0.15) is 10.5 Å². The summed E-state index contributed by atoms with van der Waals surface area (Å²) in [6, 6.07) is 13.3. The quantitative estimate of drug-likeness (QED) is 0.616. The molecule has 10 heteroatoms. The number of anilines is 1. The molecule has 0 aliphatic rings. The van der Waals surface area contributed by atoms with Crippen LogP contribution in [0.15, 0.2) is 64.0 Å². The summed E-state index contributed by atoms with van der Waals surface area (Å²) in [5, 5.41) is 0. The summed E-state index contributed by atoms with van der Waals surface area (Å²) in [6.07, 6.45) is 2.37. The van der Waals surface area contributed by atoms with E-state index in [0.29, 0.717) is 10.2 Å². The van der Waals surface area contributed by atoms with Crippen LogP contribution in [0.4, 0.5) is 5.69 Å². The van der Waals surface area contributed by atoms with Gasteiger partial charge in [0.1, 0.15) is 5.69 Å². The van der Waals surface area contributed by atoms with Gasteiger partial charge in [-0.1, -0.05) is 34.1 Å². The largest absolute Gasteiger partial charge is 0.364 e. The summed E-state index contributed by atoms with van der Waals surface area (Å²) < 4.78 is 28.3. The monoisotopic (exact) mass is 450 g/mol. The van der Waals surface area contributed by atoms with Gasteiger partial charge in [0, 0.05) is 10.7 Å². The van der Waals surface area contributed by atoms with Gasteiger partial charge in [-0.25, -0.2) is 13.2 Å². The Morgan fingerprint density at radius 2 is 1.78 bits per heavy atom. The number of hydrogen-bond acceptors (Lipinski definition) is 4. The molecule has 1 aromatic heterocycles. The molecule has 0 saturated carbocycles. The third kappa shape index (κ3) is 4.12. The highest BCUT2D eigenvalue weighted by Crippen LogP contribution is 2.23. The Labute approximate surface area is 163 Å². The highest BCUT2D eigenvalue weighted by molar-refractivity contribution is 9.10. The topological polar surface area (TPSA) is 116 Å². The van der Waals surface area contributed by atoms with Crippen molar-refractivity contribution in [3.8, 4) is 11.4 Å². The molecule has 0 spiro atoms. The predicted molar refractivity (Wildman–Crippen MR) is 106 cm³/mol. The number of benzene rings is 2. The summed E-state index contributed by atoms with van der Waals surface area (Å²) in [7, 11) is -3.52. The molecule has 3 rings (SSSR count). The summed E-state index contributed by atoms with van der Waals surface area (Å²) in [4.78, 5) is 24.9. The summed E-state index contributed by atoms with van der Waals surface area (Å²) in [5.74, 6) is -0.792. The summed E-state index contributed by atoms with van der Waals surface area (Å²) >= 11 is 3.28. The third-order valence-electron chi connectivity index (χ3n) is 3.62. The lowest BCUT2D eigenvalue weighted by molar-refractivity contribution is 0.0993. The Kier molecular flexibility index (Phi) is 4.94. The number of imidazole rings is 1. The lowest BCUT2D eigenvalue weighted by Gasteiger charge is -2.10. The van der Waals surface area contributed by atoms with Gasteiger partial charge in [0.05, 0.1) is 23.3 Å². The maximum atomic E-state index is 13.0. The van der Waals surface area contributed by atoms with Crippen LogP contribution < -0.4 is 16.1 Å². The number of nitrogens with two attached hydrogens (primary N) is 1. The first-order chi connectivity index (χ1) is 12.7. The third-order valence-corrected chi connectivity index (χ3v) is 4.68. The van der Waals surface area contributed by atoms with Crippen LogP contribution in [0.2, 0.25) is 0 Å². The van der Waals surface area contributed by atoms with E-state index in [1.54, 1.807) is 36.4 Å². The number of hydrogen-bond donors (Lipinski definition) is 2. The molecule has 0 bridgehead atoms. The average molecular weight is 451 g/mol. The van der Waals surface area contributed by atoms with Crippen molar-refractivity contribution in [3.63, 3.8) is 0 Å². The molecular weight excluding hydrogens is 436 g/mol. The van der Waals surface area contributed by atoms with E-state index in [2.05, 4.69) is 20.7 Å². The first kappa shape index (κ1) is 18.9. The van der Waals surface area contributed by atoms with E-state index >= 15 is 0 Å². The number of nitrogens with zero attached hydrogens (tertiary/aromatic N) is 2. The molecule has 8 nitrogen and oxygen atoms in total. The Morgan fingerprint density at radius 3 is 2.37 bits per heavy atom.